The second-order valence-electron chi connectivity index (χ2n) is 3.60. The van der Waals surface area contributed by atoms with Crippen LogP contribution in [0.5, 0.6) is 5.88 Å². The van der Waals surface area contributed by atoms with Gasteiger partial charge in [0, 0.05) is 11.6 Å². The molecule has 98 valence electrons. The molecule has 0 radical (unpaired) electrons. The van der Waals surface area contributed by atoms with Crippen LogP contribution in [0.15, 0.2) is 30.5 Å². The van der Waals surface area contributed by atoms with E-state index in [1.165, 1.54) is 13.2 Å². The lowest BCUT2D eigenvalue weighted by molar-refractivity contribution is -0.385. The molecular weight excluding hydrogens is 291 g/mol. The Bertz CT molecular complexity index is 627. The SMILES string of the molecule is COc1ncc([N+](=O)[O-])cc1-c1c(Cl)cccc1Cl. The molecule has 1 aromatic carbocycles. The van der Waals surface area contributed by atoms with Crippen LogP contribution < -0.4 is 4.74 Å². The van der Waals surface area contributed by atoms with Crippen molar-refractivity contribution in [2.75, 3.05) is 7.11 Å². The first kappa shape index (κ1) is 13.6. The van der Waals surface area contributed by atoms with Gasteiger partial charge in [-0.15, -0.1) is 0 Å². The van der Waals surface area contributed by atoms with E-state index in [2.05, 4.69) is 4.98 Å². The van der Waals surface area contributed by atoms with Gasteiger partial charge in [-0.1, -0.05) is 29.3 Å². The van der Waals surface area contributed by atoms with Gasteiger partial charge in [-0.3, -0.25) is 10.1 Å². The lowest BCUT2D eigenvalue weighted by Crippen LogP contribution is -1.96. The van der Waals surface area contributed by atoms with Gasteiger partial charge < -0.3 is 4.74 Å². The third kappa shape index (κ3) is 2.62. The first-order valence-electron chi connectivity index (χ1n) is 5.17. The Morgan fingerprint density at radius 1 is 1.32 bits per heavy atom. The fourth-order valence-electron chi connectivity index (χ4n) is 1.64. The lowest BCUT2D eigenvalue weighted by Gasteiger charge is -2.10. The Morgan fingerprint density at radius 2 is 1.95 bits per heavy atom. The van der Waals surface area contributed by atoms with Gasteiger partial charge >= 0.3 is 0 Å². The van der Waals surface area contributed by atoms with Crippen molar-refractivity contribution in [1.82, 2.24) is 4.98 Å². The maximum Gasteiger partial charge on any atom is 0.288 e. The number of pyridine rings is 1. The van der Waals surface area contributed by atoms with Crippen molar-refractivity contribution in [3.05, 3.63) is 50.6 Å². The van der Waals surface area contributed by atoms with Crippen LogP contribution in [0.1, 0.15) is 0 Å². The monoisotopic (exact) mass is 298 g/mol. The molecule has 0 aliphatic rings. The number of methoxy groups -OCH3 is 1. The zero-order chi connectivity index (χ0) is 14.0. The van der Waals surface area contributed by atoms with Gasteiger partial charge in [-0.25, -0.2) is 4.98 Å². The summed E-state index contributed by atoms with van der Waals surface area (Å²) in [5, 5.41) is 11.5. The predicted molar refractivity (Wildman–Crippen MR) is 72.9 cm³/mol. The first-order valence-corrected chi connectivity index (χ1v) is 5.93. The van der Waals surface area contributed by atoms with Crippen LogP contribution in [-0.2, 0) is 0 Å². The van der Waals surface area contributed by atoms with E-state index in [0.29, 0.717) is 21.2 Å². The predicted octanol–water partition coefficient (Wildman–Crippen LogP) is 3.97. The summed E-state index contributed by atoms with van der Waals surface area (Å²) in [4.78, 5) is 14.2. The number of aromatic nitrogens is 1. The summed E-state index contributed by atoms with van der Waals surface area (Å²) >= 11 is 12.2. The highest BCUT2D eigenvalue weighted by atomic mass is 35.5. The van der Waals surface area contributed by atoms with Crippen LogP contribution in [0.25, 0.3) is 11.1 Å². The van der Waals surface area contributed by atoms with Gasteiger partial charge in [-0.2, -0.15) is 0 Å². The highest BCUT2D eigenvalue weighted by Gasteiger charge is 2.18. The molecule has 0 unspecified atom stereocenters. The Hall–Kier alpha value is -1.85. The molecule has 0 fully saturated rings. The maximum absolute atomic E-state index is 10.8. The normalized spacial score (nSPS) is 10.3. The van der Waals surface area contributed by atoms with E-state index in [1.807, 2.05) is 0 Å². The number of nitro groups is 1. The molecule has 0 N–H and O–H groups in total. The summed E-state index contributed by atoms with van der Waals surface area (Å²) in [6, 6.07) is 6.30. The Kier molecular flexibility index (Phi) is 3.87. The minimum Gasteiger partial charge on any atom is -0.481 e. The summed E-state index contributed by atoms with van der Waals surface area (Å²) in [6.45, 7) is 0. The minimum absolute atomic E-state index is 0.160. The highest BCUT2D eigenvalue weighted by Crippen LogP contribution is 2.39. The quantitative estimate of drug-likeness (QED) is 0.635. The zero-order valence-corrected chi connectivity index (χ0v) is 11.3. The molecule has 2 rings (SSSR count). The van der Waals surface area contributed by atoms with Crippen molar-refractivity contribution in [1.29, 1.82) is 0 Å². The number of hydrogen-bond acceptors (Lipinski definition) is 4. The molecule has 0 aliphatic carbocycles. The smallest absolute Gasteiger partial charge is 0.288 e. The molecule has 19 heavy (non-hydrogen) atoms. The second-order valence-corrected chi connectivity index (χ2v) is 4.42. The van der Waals surface area contributed by atoms with Crippen molar-refractivity contribution in [2.45, 2.75) is 0 Å². The second kappa shape index (κ2) is 5.42. The Morgan fingerprint density at radius 3 is 2.47 bits per heavy atom. The standard InChI is InChI=1S/C12H8Cl2N2O3/c1-19-12-8(5-7(6-15-12)16(17)18)11-9(13)3-2-4-10(11)14/h2-6H,1H3. The molecule has 0 spiro atoms. The summed E-state index contributed by atoms with van der Waals surface area (Å²) in [7, 11) is 1.42. The summed E-state index contributed by atoms with van der Waals surface area (Å²) in [6.07, 6.45) is 1.12. The van der Waals surface area contributed by atoms with Gasteiger partial charge in [0.1, 0.15) is 6.20 Å². The lowest BCUT2D eigenvalue weighted by atomic mass is 10.1. The molecule has 7 heteroatoms. The van der Waals surface area contributed by atoms with Crippen molar-refractivity contribution in [3.8, 4) is 17.0 Å². The molecular formula is C12H8Cl2N2O3. The van der Waals surface area contributed by atoms with E-state index in [0.717, 1.165) is 6.20 Å². The van der Waals surface area contributed by atoms with E-state index in [9.17, 15) is 10.1 Å². The minimum atomic E-state index is -0.541. The van der Waals surface area contributed by atoms with Gasteiger partial charge in [0.2, 0.25) is 5.88 Å². The third-order valence-electron chi connectivity index (χ3n) is 2.47. The van der Waals surface area contributed by atoms with E-state index >= 15 is 0 Å². The van der Waals surface area contributed by atoms with Gasteiger partial charge in [0.25, 0.3) is 5.69 Å². The van der Waals surface area contributed by atoms with Crippen molar-refractivity contribution in [2.24, 2.45) is 0 Å². The average Bonchev–Trinajstić information content (AvgIpc) is 2.38. The van der Waals surface area contributed by atoms with Crippen LogP contribution in [0.2, 0.25) is 10.0 Å². The molecule has 0 amide bonds. The zero-order valence-electron chi connectivity index (χ0n) is 9.76. The molecule has 0 bridgehead atoms. The summed E-state index contributed by atoms with van der Waals surface area (Å²) < 4.78 is 5.09. The number of nitrogens with zero attached hydrogens (tertiary/aromatic N) is 2. The molecule has 0 saturated heterocycles. The molecule has 1 heterocycles. The van der Waals surface area contributed by atoms with Crippen LogP contribution in [0, 0.1) is 10.1 Å². The van der Waals surface area contributed by atoms with Crippen LogP contribution in [-0.4, -0.2) is 17.0 Å². The maximum atomic E-state index is 10.8. The van der Waals surface area contributed by atoms with E-state index in [-0.39, 0.29) is 11.6 Å². The number of hydrogen-bond donors (Lipinski definition) is 0. The number of ether oxygens (including phenoxy) is 1. The first-order chi connectivity index (χ1) is 9.04. The fraction of sp³-hybridized carbons (Fsp3) is 0.0833. The fourth-order valence-corrected chi connectivity index (χ4v) is 2.24. The van der Waals surface area contributed by atoms with E-state index < -0.39 is 4.92 Å². The van der Waals surface area contributed by atoms with Crippen LogP contribution in [0.4, 0.5) is 5.69 Å². The molecule has 5 nitrogen and oxygen atoms in total. The van der Waals surface area contributed by atoms with E-state index in [4.69, 9.17) is 27.9 Å². The number of benzene rings is 1. The average molecular weight is 299 g/mol. The van der Waals surface area contributed by atoms with Crippen LogP contribution >= 0.6 is 23.2 Å². The van der Waals surface area contributed by atoms with E-state index in [1.54, 1.807) is 18.2 Å². The third-order valence-corrected chi connectivity index (χ3v) is 3.10. The molecule has 0 saturated carbocycles. The van der Waals surface area contributed by atoms with Gasteiger partial charge in [0.05, 0.1) is 27.6 Å². The topological polar surface area (TPSA) is 65.3 Å². The van der Waals surface area contributed by atoms with Gasteiger partial charge in [-0.05, 0) is 12.1 Å². The number of rotatable bonds is 3. The molecule has 0 aliphatic heterocycles. The molecule has 0 atom stereocenters. The largest absolute Gasteiger partial charge is 0.481 e. The van der Waals surface area contributed by atoms with Crippen molar-refractivity contribution < 1.29 is 9.66 Å². The highest BCUT2D eigenvalue weighted by molar-refractivity contribution is 6.39. The van der Waals surface area contributed by atoms with Gasteiger partial charge in [0.15, 0.2) is 0 Å². The Labute approximate surface area is 118 Å². The number of halogens is 2. The summed E-state index contributed by atoms with van der Waals surface area (Å²) in [5.41, 5.74) is 0.679. The van der Waals surface area contributed by atoms with Crippen molar-refractivity contribution >= 4 is 28.9 Å². The van der Waals surface area contributed by atoms with Crippen molar-refractivity contribution in [3.63, 3.8) is 0 Å². The Balaban J connectivity index is 2.72. The van der Waals surface area contributed by atoms with Crippen LogP contribution in [0.3, 0.4) is 0 Å². The molecule has 1 aromatic heterocycles. The summed E-state index contributed by atoms with van der Waals surface area (Å²) in [5.74, 6) is 0.223. The molecule has 2 aromatic rings.